The first-order valence-corrected chi connectivity index (χ1v) is 5.16. The van der Waals surface area contributed by atoms with Crippen LogP contribution >= 0.6 is 0 Å². The third-order valence-corrected chi connectivity index (χ3v) is 2.49. The van der Waals surface area contributed by atoms with Crippen molar-refractivity contribution in [2.45, 2.75) is 0 Å². The van der Waals surface area contributed by atoms with E-state index in [1.54, 1.807) is 30.5 Å². The molecule has 86 valence electrons. The molecule has 0 saturated carbocycles. The van der Waals surface area contributed by atoms with E-state index in [-0.39, 0.29) is 5.56 Å². The van der Waals surface area contributed by atoms with Crippen molar-refractivity contribution in [3.63, 3.8) is 0 Å². The van der Waals surface area contributed by atoms with Crippen LogP contribution < -0.4 is 4.90 Å². The SMILES string of the molecule is CN(c1ccc(C(=O)O)cc1)c1ccccn1. The molecule has 1 aromatic heterocycles. The lowest BCUT2D eigenvalue weighted by atomic mass is 10.2. The Hall–Kier alpha value is -2.36. The first-order valence-electron chi connectivity index (χ1n) is 5.16. The van der Waals surface area contributed by atoms with E-state index in [2.05, 4.69) is 4.98 Å². The van der Waals surface area contributed by atoms with Gasteiger partial charge in [-0.2, -0.15) is 0 Å². The molecule has 0 aliphatic rings. The van der Waals surface area contributed by atoms with Gasteiger partial charge in [0.05, 0.1) is 5.56 Å². The zero-order valence-electron chi connectivity index (χ0n) is 9.37. The topological polar surface area (TPSA) is 53.4 Å². The molecule has 2 aromatic rings. The van der Waals surface area contributed by atoms with Gasteiger partial charge in [-0.1, -0.05) is 6.07 Å². The zero-order chi connectivity index (χ0) is 12.3. The monoisotopic (exact) mass is 228 g/mol. The van der Waals surface area contributed by atoms with Crippen molar-refractivity contribution in [2.75, 3.05) is 11.9 Å². The van der Waals surface area contributed by atoms with Gasteiger partial charge in [-0.3, -0.25) is 0 Å². The molecule has 0 unspecified atom stereocenters. The van der Waals surface area contributed by atoms with Crippen LogP contribution in [0.2, 0.25) is 0 Å². The van der Waals surface area contributed by atoms with E-state index in [0.717, 1.165) is 11.5 Å². The first-order chi connectivity index (χ1) is 8.18. The molecule has 1 aromatic carbocycles. The Morgan fingerprint density at radius 3 is 2.41 bits per heavy atom. The van der Waals surface area contributed by atoms with Gasteiger partial charge in [-0.05, 0) is 36.4 Å². The second kappa shape index (κ2) is 4.65. The van der Waals surface area contributed by atoms with E-state index in [0.29, 0.717) is 0 Å². The second-order valence-corrected chi connectivity index (χ2v) is 3.60. The largest absolute Gasteiger partial charge is 0.478 e. The molecule has 4 heteroatoms. The number of aromatic nitrogens is 1. The summed E-state index contributed by atoms with van der Waals surface area (Å²) >= 11 is 0. The molecule has 0 amide bonds. The van der Waals surface area contributed by atoms with Crippen LogP contribution in [-0.2, 0) is 0 Å². The Kier molecular flexibility index (Phi) is 3.05. The van der Waals surface area contributed by atoms with Crippen molar-refractivity contribution in [2.24, 2.45) is 0 Å². The van der Waals surface area contributed by atoms with Crippen molar-refractivity contribution in [3.05, 3.63) is 54.2 Å². The molecule has 0 saturated heterocycles. The van der Waals surface area contributed by atoms with E-state index in [4.69, 9.17) is 5.11 Å². The number of nitrogens with zero attached hydrogens (tertiary/aromatic N) is 2. The predicted octanol–water partition coefficient (Wildman–Crippen LogP) is 2.55. The molecular formula is C13H12N2O2. The maximum absolute atomic E-state index is 10.7. The number of hydrogen-bond acceptors (Lipinski definition) is 3. The van der Waals surface area contributed by atoms with Crippen LogP contribution in [-0.4, -0.2) is 23.1 Å². The molecule has 0 atom stereocenters. The van der Waals surface area contributed by atoms with Gasteiger partial charge in [0.1, 0.15) is 5.82 Å². The Balaban J connectivity index is 2.26. The van der Waals surface area contributed by atoms with Crippen molar-refractivity contribution in [1.29, 1.82) is 0 Å². The summed E-state index contributed by atoms with van der Waals surface area (Å²) in [7, 11) is 1.89. The van der Waals surface area contributed by atoms with Gasteiger partial charge < -0.3 is 10.0 Å². The number of carboxylic acid groups (broad SMARTS) is 1. The highest BCUT2D eigenvalue weighted by Crippen LogP contribution is 2.21. The number of pyridine rings is 1. The highest BCUT2D eigenvalue weighted by Gasteiger charge is 2.06. The summed E-state index contributed by atoms with van der Waals surface area (Å²) in [4.78, 5) is 16.8. The van der Waals surface area contributed by atoms with Crippen LogP contribution in [0.15, 0.2) is 48.7 Å². The molecule has 17 heavy (non-hydrogen) atoms. The maximum Gasteiger partial charge on any atom is 0.335 e. The highest BCUT2D eigenvalue weighted by atomic mass is 16.4. The summed E-state index contributed by atoms with van der Waals surface area (Å²) < 4.78 is 0. The van der Waals surface area contributed by atoms with Crippen molar-refractivity contribution in [1.82, 2.24) is 4.98 Å². The highest BCUT2D eigenvalue weighted by molar-refractivity contribution is 5.88. The van der Waals surface area contributed by atoms with Gasteiger partial charge >= 0.3 is 5.97 Å². The normalized spacial score (nSPS) is 9.94. The second-order valence-electron chi connectivity index (χ2n) is 3.60. The fraction of sp³-hybridized carbons (Fsp3) is 0.0769. The lowest BCUT2D eigenvalue weighted by Crippen LogP contribution is -2.11. The van der Waals surface area contributed by atoms with Gasteiger partial charge in [0.15, 0.2) is 0 Å². The number of carboxylic acids is 1. The first kappa shape index (κ1) is 11.1. The maximum atomic E-state index is 10.7. The van der Waals surface area contributed by atoms with Gasteiger partial charge in [0, 0.05) is 18.9 Å². The quantitative estimate of drug-likeness (QED) is 0.877. The minimum atomic E-state index is -0.919. The summed E-state index contributed by atoms with van der Waals surface area (Å²) in [6.07, 6.45) is 1.72. The van der Waals surface area contributed by atoms with E-state index < -0.39 is 5.97 Å². The lowest BCUT2D eigenvalue weighted by Gasteiger charge is -2.17. The van der Waals surface area contributed by atoms with Crippen LogP contribution in [0, 0.1) is 0 Å². The summed E-state index contributed by atoms with van der Waals surface area (Å²) in [5.74, 6) is -0.104. The average molecular weight is 228 g/mol. The molecule has 0 bridgehead atoms. The van der Waals surface area contributed by atoms with Gasteiger partial charge in [0.25, 0.3) is 0 Å². The number of hydrogen-bond donors (Lipinski definition) is 1. The summed E-state index contributed by atoms with van der Waals surface area (Å²) in [6.45, 7) is 0. The number of carbonyl (C=O) groups is 1. The van der Waals surface area contributed by atoms with Crippen LogP contribution in [0.3, 0.4) is 0 Å². The van der Waals surface area contributed by atoms with Crippen molar-refractivity contribution < 1.29 is 9.90 Å². The third-order valence-electron chi connectivity index (χ3n) is 2.49. The third kappa shape index (κ3) is 2.42. The minimum Gasteiger partial charge on any atom is -0.478 e. The fourth-order valence-electron chi connectivity index (χ4n) is 1.51. The van der Waals surface area contributed by atoms with Crippen LogP contribution in [0.4, 0.5) is 11.5 Å². The van der Waals surface area contributed by atoms with E-state index >= 15 is 0 Å². The molecule has 0 spiro atoms. The van der Waals surface area contributed by atoms with Gasteiger partial charge in [0.2, 0.25) is 0 Å². The van der Waals surface area contributed by atoms with E-state index in [1.807, 2.05) is 30.1 Å². The molecule has 1 N–H and O–H groups in total. The molecule has 4 nitrogen and oxygen atoms in total. The number of aromatic carboxylic acids is 1. The van der Waals surface area contributed by atoms with Crippen LogP contribution in [0.1, 0.15) is 10.4 Å². The van der Waals surface area contributed by atoms with Crippen molar-refractivity contribution >= 4 is 17.5 Å². The molecule has 0 aliphatic heterocycles. The van der Waals surface area contributed by atoms with E-state index in [9.17, 15) is 4.79 Å². The van der Waals surface area contributed by atoms with Crippen LogP contribution in [0.25, 0.3) is 0 Å². The van der Waals surface area contributed by atoms with Crippen molar-refractivity contribution in [3.8, 4) is 0 Å². The molecular weight excluding hydrogens is 216 g/mol. The van der Waals surface area contributed by atoms with Crippen LogP contribution in [0.5, 0.6) is 0 Å². The number of benzene rings is 1. The summed E-state index contributed by atoms with van der Waals surface area (Å²) in [6, 6.07) is 12.3. The zero-order valence-corrected chi connectivity index (χ0v) is 9.37. The standard InChI is InChI=1S/C13H12N2O2/c1-15(12-4-2-3-9-14-12)11-7-5-10(6-8-11)13(16)17/h2-9H,1H3,(H,16,17). The molecule has 2 rings (SSSR count). The number of anilines is 2. The molecule has 1 heterocycles. The lowest BCUT2D eigenvalue weighted by molar-refractivity contribution is 0.0697. The summed E-state index contributed by atoms with van der Waals surface area (Å²) in [5, 5.41) is 8.81. The minimum absolute atomic E-state index is 0.281. The fourth-order valence-corrected chi connectivity index (χ4v) is 1.51. The Morgan fingerprint density at radius 2 is 1.88 bits per heavy atom. The smallest absolute Gasteiger partial charge is 0.335 e. The Bertz CT molecular complexity index is 509. The van der Waals surface area contributed by atoms with E-state index in [1.165, 1.54) is 0 Å². The Morgan fingerprint density at radius 1 is 1.18 bits per heavy atom. The molecule has 0 radical (unpaired) electrons. The molecule has 0 aliphatic carbocycles. The Labute approximate surface area is 99.2 Å². The van der Waals surface area contributed by atoms with Gasteiger partial charge in [-0.15, -0.1) is 0 Å². The number of rotatable bonds is 3. The predicted molar refractivity (Wildman–Crippen MR) is 65.7 cm³/mol. The van der Waals surface area contributed by atoms with Gasteiger partial charge in [-0.25, -0.2) is 9.78 Å². The molecule has 0 fully saturated rings. The average Bonchev–Trinajstić information content (AvgIpc) is 2.39. The summed E-state index contributed by atoms with van der Waals surface area (Å²) in [5.41, 5.74) is 1.18.